The second-order valence-electron chi connectivity index (χ2n) is 4.02. The van der Waals surface area contributed by atoms with Crippen molar-refractivity contribution < 1.29 is 9.47 Å². The number of hydrogen-bond donors (Lipinski definition) is 0. The van der Waals surface area contributed by atoms with Crippen LogP contribution in [0.5, 0.6) is 0 Å². The molecule has 0 aliphatic carbocycles. The van der Waals surface area contributed by atoms with Crippen molar-refractivity contribution >= 4 is 0 Å². The van der Waals surface area contributed by atoms with Crippen LogP contribution in [-0.4, -0.2) is 23.0 Å². The molecule has 3 rings (SSSR count). The predicted octanol–water partition coefficient (Wildman–Crippen LogP) is 1.78. The average Bonchev–Trinajstić information content (AvgIpc) is 3.03. The number of hydrogen-bond acceptors (Lipinski definition) is 3. The Kier molecular flexibility index (Phi) is 2.66. The van der Waals surface area contributed by atoms with E-state index < -0.39 is 5.79 Å². The molecule has 1 aliphatic rings. The third-order valence-electron chi connectivity index (χ3n) is 2.90. The van der Waals surface area contributed by atoms with Crippen LogP contribution in [0, 0.1) is 0 Å². The van der Waals surface area contributed by atoms with Crippen molar-refractivity contribution in [3.63, 3.8) is 0 Å². The molecule has 4 nitrogen and oxygen atoms in total. The van der Waals surface area contributed by atoms with E-state index in [4.69, 9.17) is 9.47 Å². The molecule has 17 heavy (non-hydrogen) atoms. The fourth-order valence-electron chi connectivity index (χ4n) is 2.10. The fourth-order valence-corrected chi connectivity index (χ4v) is 2.10. The van der Waals surface area contributed by atoms with E-state index in [0.29, 0.717) is 19.8 Å². The molecule has 0 amide bonds. The van der Waals surface area contributed by atoms with Crippen molar-refractivity contribution in [1.82, 2.24) is 9.78 Å². The molecule has 1 aromatic heterocycles. The molecule has 0 unspecified atom stereocenters. The van der Waals surface area contributed by atoms with E-state index in [1.165, 1.54) is 0 Å². The summed E-state index contributed by atoms with van der Waals surface area (Å²) in [6.07, 6.45) is 3.67. The molecule has 4 heteroatoms. The van der Waals surface area contributed by atoms with Crippen molar-refractivity contribution in [3.05, 3.63) is 54.4 Å². The van der Waals surface area contributed by atoms with Gasteiger partial charge in [-0.05, 0) is 6.07 Å². The first-order chi connectivity index (χ1) is 8.39. The Bertz CT molecular complexity index is 461. The summed E-state index contributed by atoms with van der Waals surface area (Å²) in [5.41, 5.74) is 1.04. The van der Waals surface area contributed by atoms with Crippen molar-refractivity contribution in [2.24, 2.45) is 0 Å². The Morgan fingerprint density at radius 2 is 1.88 bits per heavy atom. The van der Waals surface area contributed by atoms with Gasteiger partial charge in [-0.1, -0.05) is 30.3 Å². The molecule has 1 aliphatic heterocycles. The molecule has 0 radical (unpaired) electrons. The minimum Gasteiger partial charge on any atom is -0.342 e. The number of rotatable bonds is 3. The summed E-state index contributed by atoms with van der Waals surface area (Å²) in [6, 6.07) is 11.9. The summed E-state index contributed by atoms with van der Waals surface area (Å²) in [5, 5.41) is 4.21. The van der Waals surface area contributed by atoms with Crippen molar-refractivity contribution in [2.75, 3.05) is 13.2 Å². The van der Waals surface area contributed by atoms with Gasteiger partial charge in [-0.15, -0.1) is 0 Å². The van der Waals surface area contributed by atoms with Gasteiger partial charge in [0.25, 0.3) is 0 Å². The van der Waals surface area contributed by atoms with Gasteiger partial charge in [0.05, 0.1) is 19.8 Å². The van der Waals surface area contributed by atoms with Gasteiger partial charge in [-0.2, -0.15) is 5.10 Å². The second-order valence-corrected chi connectivity index (χ2v) is 4.02. The minimum atomic E-state index is -0.687. The van der Waals surface area contributed by atoms with Crippen molar-refractivity contribution in [1.29, 1.82) is 0 Å². The lowest BCUT2D eigenvalue weighted by Crippen LogP contribution is -2.33. The summed E-state index contributed by atoms with van der Waals surface area (Å²) in [5.74, 6) is -0.687. The van der Waals surface area contributed by atoms with Gasteiger partial charge in [0.2, 0.25) is 5.79 Å². The Labute approximate surface area is 99.8 Å². The zero-order chi connectivity index (χ0) is 11.6. The van der Waals surface area contributed by atoms with Crippen LogP contribution in [0.3, 0.4) is 0 Å². The highest BCUT2D eigenvalue weighted by Crippen LogP contribution is 2.32. The molecule has 2 heterocycles. The SMILES string of the molecule is c1ccc(C2(Cn3cccn3)OCCO2)cc1. The number of ether oxygens (including phenoxy) is 2. The largest absolute Gasteiger partial charge is 0.342 e. The van der Waals surface area contributed by atoms with E-state index in [0.717, 1.165) is 5.56 Å². The topological polar surface area (TPSA) is 36.3 Å². The third-order valence-corrected chi connectivity index (χ3v) is 2.90. The van der Waals surface area contributed by atoms with Gasteiger partial charge in [0.15, 0.2) is 0 Å². The first kappa shape index (κ1) is 10.5. The molecule has 1 fully saturated rings. The molecule has 88 valence electrons. The summed E-state index contributed by atoms with van der Waals surface area (Å²) in [6.45, 7) is 1.82. The summed E-state index contributed by atoms with van der Waals surface area (Å²) >= 11 is 0. The van der Waals surface area contributed by atoms with Crippen molar-refractivity contribution in [2.45, 2.75) is 12.3 Å². The zero-order valence-electron chi connectivity index (χ0n) is 9.45. The van der Waals surface area contributed by atoms with Gasteiger partial charge in [-0.3, -0.25) is 4.68 Å². The van der Waals surface area contributed by atoms with Crippen LogP contribution in [0.1, 0.15) is 5.56 Å². The lowest BCUT2D eigenvalue weighted by Gasteiger charge is -2.27. The van der Waals surface area contributed by atoms with Crippen LogP contribution in [0.25, 0.3) is 0 Å². The number of nitrogens with zero attached hydrogens (tertiary/aromatic N) is 2. The second kappa shape index (κ2) is 4.31. The lowest BCUT2D eigenvalue weighted by molar-refractivity contribution is -0.177. The molecule has 2 aromatic rings. The molecule has 0 saturated carbocycles. The van der Waals surface area contributed by atoms with Crippen LogP contribution >= 0.6 is 0 Å². The van der Waals surface area contributed by atoms with Crippen LogP contribution in [0.15, 0.2) is 48.8 Å². The van der Waals surface area contributed by atoms with Crippen LogP contribution in [0.4, 0.5) is 0 Å². The first-order valence-corrected chi connectivity index (χ1v) is 5.70. The molecule has 0 spiro atoms. The zero-order valence-corrected chi connectivity index (χ0v) is 9.45. The molecule has 1 saturated heterocycles. The van der Waals surface area contributed by atoms with Gasteiger partial charge < -0.3 is 9.47 Å². The van der Waals surface area contributed by atoms with Crippen LogP contribution < -0.4 is 0 Å². The Morgan fingerprint density at radius 3 is 2.53 bits per heavy atom. The summed E-state index contributed by atoms with van der Waals surface area (Å²) in [7, 11) is 0. The lowest BCUT2D eigenvalue weighted by atomic mass is 10.1. The third kappa shape index (κ3) is 1.97. The smallest absolute Gasteiger partial charge is 0.215 e. The summed E-state index contributed by atoms with van der Waals surface area (Å²) < 4.78 is 13.5. The quantitative estimate of drug-likeness (QED) is 0.806. The predicted molar refractivity (Wildman–Crippen MR) is 62.3 cm³/mol. The normalized spacial score (nSPS) is 18.4. The van der Waals surface area contributed by atoms with Gasteiger partial charge in [-0.25, -0.2) is 0 Å². The van der Waals surface area contributed by atoms with Crippen LogP contribution in [-0.2, 0) is 21.8 Å². The maximum absolute atomic E-state index is 5.82. The summed E-state index contributed by atoms with van der Waals surface area (Å²) in [4.78, 5) is 0. The van der Waals surface area contributed by atoms with Crippen LogP contribution in [0.2, 0.25) is 0 Å². The van der Waals surface area contributed by atoms with Gasteiger partial charge in [0.1, 0.15) is 0 Å². The Balaban J connectivity index is 1.93. The van der Waals surface area contributed by atoms with Gasteiger partial charge >= 0.3 is 0 Å². The minimum absolute atomic E-state index is 0.573. The number of benzene rings is 1. The first-order valence-electron chi connectivity index (χ1n) is 5.70. The Morgan fingerprint density at radius 1 is 1.12 bits per heavy atom. The molecular formula is C13H14N2O2. The molecule has 1 aromatic carbocycles. The maximum atomic E-state index is 5.82. The van der Waals surface area contributed by atoms with E-state index in [2.05, 4.69) is 5.10 Å². The highest BCUT2D eigenvalue weighted by molar-refractivity contribution is 5.20. The van der Waals surface area contributed by atoms with E-state index in [1.807, 2.05) is 47.3 Å². The monoisotopic (exact) mass is 230 g/mol. The molecular weight excluding hydrogens is 216 g/mol. The van der Waals surface area contributed by atoms with E-state index in [9.17, 15) is 0 Å². The van der Waals surface area contributed by atoms with Gasteiger partial charge in [0, 0.05) is 18.0 Å². The maximum Gasteiger partial charge on any atom is 0.215 e. The molecule has 0 bridgehead atoms. The van der Waals surface area contributed by atoms with E-state index in [1.54, 1.807) is 6.20 Å². The molecule has 0 N–H and O–H groups in total. The molecule has 0 atom stereocenters. The number of aromatic nitrogens is 2. The van der Waals surface area contributed by atoms with Crippen molar-refractivity contribution in [3.8, 4) is 0 Å². The van der Waals surface area contributed by atoms with E-state index >= 15 is 0 Å². The average molecular weight is 230 g/mol. The fraction of sp³-hybridized carbons (Fsp3) is 0.308. The highest BCUT2D eigenvalue weighted by atomic mass is 16.7. The van der Waals surface area contributed by atoms with E-state index in [-0.39, 0.29) is 0 Å². The Hall–Kier alpha value is -1.65. The highest BCUT2D eigenvalue weighted by Gasteiger charge is 2.39. The standard InChI is InChI=1S/C13H14N2O2/c1-2-5-12(6-3-1)13(16-9-10-17-13)11-15-8-4-7-14-15/h1-8H,9-11H2.